The van der Waals surface area contributed by atoms with Crippen LogP contribution in [0.3, 0.4) is 0 Å². The molecule has 0 fully saturated rings. The lowest BCUT2D eigenvalue weighted by Gasteiger charge is -1.98. The molecule has 0 aromatic heterocycles. The molecule has 2 heteroatoms. The third-order valence-electron chi connectivity index (χ3n) is 1.12. The van der Waals surface area contributed by atoms with Crippen molar-refractivity contribution >= 4 is 0 Å². The average molecular weight is 125 g/mol. The second-order valence-corrected chi connectivity index (χ2v) is 1.81. The first kappa shape index (κ1) is 6.23. The van der Waals surface area contributed by atoms with Gasteiger partial charge in [0.15, 0.2) is 6.30 Å². The maximum absolute atomic E-state index is 12.2. The molecule has 0 saturated carbocycles. The van der Waals surface area contributed by atoms with Gasteiger partial charge in [-0.05, 0) is 0 Å². The Hall–Kier alpha value is -0.890. The molecule has 9 heavy (non-hydrogen) atoms. The zero-order chi connectivity index (χ0) is 6.69. The summed E-state index contributed by atoms with van der Waals surface area (Å²) in [6.45, 7) is 0. The lowest BCUT2D eigenvalue weighted by Crippen LogP contribution is -2.01. The van der Waals surface area contributed by atoms with Gasteiger partial charge < -0.3 is 0 Å². The first-order valence-corrected chi connectivity index (χ1v) is 2.75. The second-order valence-electron chi connectivity index (χ2n) is 1.81. The smallest absolute Gasteiger partial charge is 0.174 e. The fraction of sp³-hybridized carbons (Fsp3) is 0.143. The predicted molar refractivity (Wildman–Crippen MR) is 34.5 cm³/mol. The minimum absolute atomic E-state index is 0.525. The molecule has 0 spiro atoms. The van der Waals surface area contributed by atoms with Crippen molar-refractivity contribution < 1.29 is 4.39 Å². The Morgan fingerprint density at radius 3 is 2.11 bits per heavy atom. The molecule has 0 unspecified atom stereocenters. The fourth-order valence-corrected chi connectivity index (χ4v) is 0.637. The molecule has 1 atom stereocenters. The van der Waals surface area contributed by atoms with Crippen molar-refractivity contribution in [2.45, 2.75) is 6.30 Å². The lowest BCUT2D eigenvalue weighted by molar-refractivity contribution is 0.356. The van der Waals surface area contributed by atoms with Crippen LogP contribution in [0.5, 0.6) is 0 Å². The van der Waals surface area contributed by atoms with Crippen LogP contribution in [0, 0.1) is 0 Å². The highest BCUT2D eigenvalue weighted by Crippen LogP contribution is 2.08. The van der Waals surface area contributed by atoms with Crippen molar-refractivity contribution in [2.24, 2.45) is 5.73 Å². The van der Waals surface area contributed by atoms with Crippen LogP contribution in [-0.4, -0.2) is 0 Å². The molecule has 0 aliphatic heterocycles. The summed E-state index contributed by atoms with van der Waals surface area (Å²) in [6, 6.07) is 8.66. The molecule has 0 saturated heterocycles. The molecule has 1 aromatic rings. The Labute approximate surface area is 53.3 Å². The minimum atomic E-state index is -1.34. The standard InChI is InChI=1S/C7H8FN/c8-7(9)6-4-2-1-3-5-6/h1-5,7H,9H2/t7-/m1/s1. The molecule has 0 heterocycles. The predicted octanol–water partition coefficient (Wildman–Crippen LogP) is 1.61. The summed E-state index contributed by atoms with van der Waals surface area (Å²) in [5.41, 5.74) is 5.47. The summed E-state index contributed by atoms with van der Waals surface area (Å²) < 4.78 is 12.2. The van der Waals surface area contributed by atoms with Crippen molar-refractivity contribution in [2.75, 3.05) is 0 Å². The zero-order valence-corrected chi connectivity index (χ0v) is 4.92. The normalized spacial score (nSPS) is 13.1. The lowest BCUT2D eigenvalue weighted by atomic mass is 10.2. The van der Waals surface area contributed by atoms with Gasteiger partial charge in [0.2, 0.25) is 0 Å². The van der Waals surface area contributed by atoms with Gasteiger partial charge in [-0.15, -0.1) is 0 Å². The van der Waals surface area contributed by atoms with E-state index in [-0.39, 0.29) is 0 Å². The quantitative estimate of drug-likeness (QED) is 0.567. The first-order valence-electron chi connectivity index (χ1n) is 2.75. The van der Waals surface area contributed by atoms with E-state index in [0.717, 1.165) is 0 Å². The fourth-order valence-electron chi connectivity index (χ4n) is 0.637. The molecule has 1 rings (SSSR count). The summed E-state index contributed by atoms with van der Waals surface area (Å²) in [6.07, 6.45) is -1.34. The van der Waals surface area contributed by atoms with Gasteiger partial charge in [0.1, 0.15) is 0 Å². The van der Waals surface area contributed by atoms with E-state index in [1.807, 2.05) is 6.07 Å². The Bertz CT molecular complexity index is 172. The van der Waals surface area contributed by atoms with Crippen molar-refractivity contribution in [1.82, 2.24) is 0 Å². The largest absolute Gasteiger partial charge is 0.298 e. The first-order chi connectivity index (χ1) is 4.30. The van der Waals surface area contributed by atoms with E-state index >= 15 is 0 Å². The van der Waals surface area contributed by atoms with E-state index in [1.54, 1.807) is 24.3 Å². The highest BCUT2D eigenvalue weighted by molar-refractivity contribution is 5.16. The summed E-state index contributed by atoms with van der Waals surface area (Å²) in [5, 5.41) is 0. The Morgan fingerprint density at radius 2 is 1.78 bits per heavy atom. The van der Waals surface area contributed by atoms with Crippen molar-refractivity contribution in [3.63, 3.8) is 0 Å². The summed E-state index contributed by atoms with van der Waals surface area (Å²) >= 11 is 0. The number of benzene rings is 1. The van der Waals surface area contributed by atoms with Crippen molar-refractivity contribution in [1.29, 1.82) is 0 Å². The van der Waals surface area contributed by atoms with Crippen LogP contribution in [0.4, 0.5) is 4.39 Å². The monoisotopic (exact) mass is 125 g/mol. The van der Waals surface area contributed by atoms with E-state index in [2.05, 4.69) is 0 Å². The van der Waals surface area contributed by atoms with Gasteiger partial charge in [0.05, 0.1) is 0 Å². The van der Waals surface area contributed by atoms with Crippen molar-refractivity contribution in [3.05, 3.63) is 35.9 Å². The molecular formula is C7H8FN. The highest BCUT2D eigenvalue weighted by Gasteiger charge is 1.98. The number of hydrogen-bond donors (Lipinski definition) is 1. The molecule has 0 radical (unpaired) electrons. The van der Waals surface area contributed by atoms with E-state index < -0.39 is 6.30 Å². The molecule has 0 aliphatic rings. The van der Waals surface area contributed by atoms with Gasteiger partial charge in [-0.3, -0.25) is 5.73 Å². The Kier molecular flexibility index (Phi) is 1.80. The maximum atomic E-state index is 12.2. The van der Waals surface area contributed by atoms with E-state index in [4.69, 9.17) is 5.73 Å². The van der Waals surface area contributed by atoms with E-state index in [0.29, 0.717) is 5.56 Å². The molecule has 2 N–H and O–H groups in total. The highest BCUT2D eigenvalue weighted by atomic mass is 19.1. The van der Waals surface area contributed by atoms with Gasteiger partial charge in [-0.1, -0.05) is 30.3 Å². The molecule has 48 valence electrons. The second kappa shape index (κ2) is 2.60. The molecular weight excluding hydrogens is 117 g/mol. The molecule has 0 bridgehead atoms. The third-order valence-corrected chi connectivity index (χ3v) is 1.12. The van der Waals surface area contributed by atoms with Gasteiger partial charge in [-0.25, -0.2) is 4.39 Å². The summed E-state index contributed by atoms with van der Waals surface area (Å²) in [7, 11) is 0. The number of hydrogen-bond acceptors (Lipinski definition) is 1. The number of nitrogens with two attached hydrogens (primary N) is 1. The van der Waals surface area contributed by atoms with Crippen LogP contribution >= 0.6 is 0 Å². The average Bonchev–Trinajstić information content (AvgIpc) is 1.90. The van der Waals surface area contributed by atoms with E-state index in [1.165, 1.54) is 0 Å². The van der Waals surface area contributed by atoms with Crippen LogP contribution in [0.2, 0.25) is 0 Å². The molecule has 1 aromatic carbocycles. The Morgan fingerprint density at radius 1 is 1.22 bits per heavy atom. The third kappa shape index (κ3) is 1.50. The van der Waals surface area contributed by atoms with E-state index in [9.17, 15) is 4.39 Å². The summed E-state index contributed by atoms with van der Waals surface area (Å²) in [5.74, 6) is 0. The Balaban J connectivity index is 2.85. The zero-order valence-electron chi connectivity index (χ0n) is 4.92. The van der Waals surface area contributed by atoms with Gasteiger partial charge in [-0.2, -0.15) is 0 Å². The number of alkyl halides is 1. The van der Waals surface area contributed by atoms with Crippen LogP contribution in [0.1, 0.15) is 11.9 Å². The number of halogens is 1. The van der Waals surface area contributed by atoms with Crippen LogP contribution < -0.4 is 5.73 Å². The number of rotatable bonds is 1. The van der Waals surface area contributed by atoms with Crippen molar-refractivity contribution in [3.8, 4) is 0 Å². The van der Waals surface area contributed by atoms with Gasteiger partial charge in [0.25, 0.3) is 0 Å². The molecule has 0 aliphatic carbocycles. The molecule has 1 nitrogen and oxygen atoms in total. The maximum Gasteiger partial charge on any atom is 0.174 e. The van der Waals surface area contributed by atoms with Crippen LogP contribution in [0.25, 0.3) is 0 Å². The van der Waals surface area contributed by atoms with Crippen LogP contribution in [-0.2, 0) is 0 Å². The molecule has 0 amide bonds. The SMILES string of the molecule is N[C@@H](F)c1ccccc1. The minimum Gasteiger partial charge on any atom is -0.298 e. The van der Waals surface area contributed by atoms with Crippen LogP contribution in [0.15, 0.2) is 30.3 Å². The topological polar surface area (TPSA) is 26.0 Å². The van der Waals surface area contributed by atoms with Gasteiger partial charge in [0, 0.05) is 5.56 Å². The van der Waals surface area contributed by atoms with Gasteiger partial charge >= 0.3 is 0 Å². The summed E-state index contributed by atoms with van der Waals surface area (Å²) in [4.78, 5) is 0.